The zero-order valence-corrected chi connectivity index (χ0v) is 71.3. The maximum atomic E-state index is 14.1. The van der Waals surface area contributed by atoms with Gasteiger partial charge in [-0.2, -0.15) is 0 Å². The SMILES string of the molecule is C.C.C.CC(=O)c1ccc(/C(C)=C(\C)C(O)c2ccc3c(c2)C(C)(C)CCC3(C)C)cc1.CC(=O)c1ccc(/C=C(\C)c2ccc(C)c(C34CC5CC(CC(C5)C3)C4)c2)cc1.CC(=O)c1ccc2cc(-c3ccc(O)c(C45CC6CC(CC(C6)C4)C5)c3)ccc2c1.Cc1ccc(CC(=O)C(O)c2ccc3c(c2)C(C)(C)CCC3(C)C)c(F)c1. The Morgan fingerprint density at radius 2 is 0.814 bits per heavy atom. The van der Waals surface area contributed by atoms with Crippen LogP contribution in [0.1, 0.15) is 343 Å². The minimum absolute atomic E-state index is 0. The topological polar surface area (TPSA) is 129 Å². The second-order valence-electron chi connectivity index (χ2n) is 39.6. The van der Waals surface area contributed by atoms with E-state index in [1.165, 1.54) is 145 Å². The van der Waals surface area contributed by atoms with E-state index in [-0.39, 0.29) is 78.9 Å². The van der Waals surface area contributed by atoms with Crippen molar-refractivity contribution in [3.63, 3.8) is 0 Å². The number of aliphatic hydroxyl groups excluding tert-OH is 2. The van der Waals surface area contributed by atoms with Crippen LogP contribution in [0.5, 0.6) is 5.75 Å². The number of phenolic OH excluding ortho intramolecular Hbond substituents is 1. The van der Waals surface area contributed by atoms with Crippen molar-refractivity contribution in [2.45, 2.75) is 287 Å². The van der Waals surface area contributed by atoms with Crippen LogP contribution in [0, 0.1) is 55.2 Å². The normalized spacial score (nSPS) is 24.0. The summed E-state index contributed by atoms with van der Waals surface area (Å²) in [6, 6.07) is 58.5. The second-order valence-corrected chi connectivity index (χ2v) is 39.6. The van der Waals surface area contributed by atoms with E-state index in [1.54, 1.807) is 45.4 Å². The fourth-order valence-electron chi connectivity index (χ4n) is 22.7. The van der Waals surface area contributed by atoms with E-state index in [9.17, 15) is 38.9 Å². The van der Waals surface area contributed by atoms with E-state index >= 15 is 0 Å². The fourth-order valence-corrected chi connectivity index (χ4v) is 22.7. The summed E-state index contributed by atoms with van der Waals surface area (Å²) >= 11 is 0. The third-order valence-corrected chi connectivity index (χ3v) is 29.2. The zero-order valence-electron chi connectivity index (χ0n) is 71.3. The number of aryl methyl sites for hydroxylation is 2. The van der Waals surface area contributed by atoms with E-state index in [0.29, 0.717) is 27.9 Å². The molecule has 8 bridgehead atoms. The number of benzene rings is 9. The van der Waals surface area contributed by atoms with Gasteiger partial charge < -0.3 is 15.3 Å². The summed E-state index contributed by atoms with van der Waals surface area (Å²) in [6.07, 6.45) is 21.5. The van der Waals surface area contributed by atoms with Gasteiger partial charge in [-0.25, -0.2) is 4.39 Å². The van der Waals surface area contributed by atoms with E-state index < -0.39 is 18.0 Å². The van der Waals surface area contributed by atoms with Crippen LogP contribution in [0.15, 0.2) is 181 Å². The Balaban J connectivity index is 0.000000153. The third-order valence-electron chi connectivity index (χ3n) is 29.2. The summed E-state index contributed by atoms with van der Waals surface area (Å²) < 4.78 is 14.1. The first-order chi connectivity index (χ1) is 54.4. The van der Waals surface area contributed by atoms with Crippen molar-refractivity contribution in [3.8, 4) is 16.9 Å². The number of hydrogen-bond acceptors (Lipinski definition) is 7. The molecule has 0 saturated heterocycles. The molecule has 7 nitrogen and oxygen atoms in total. The first-order valence-electron chi connectivity index (χ1n) is 42.9. The van der Waals surface area contributed by atoms with Crippen LogP contribution in [0.4, 0.5) is 4.39 Å². The maximum Gasteiger partial charge on any atom is 0.170 e. The molecule has 9 aromatic rings. The number of hydrogen-bond donors (Lipinski definition) is 3. The standard InChI is InChI=1S/C28H28O2.C28H32O.C27H34O2.C24H29FO2.3CH4/c1-17(29)21-2-3-23-12-24(5-4-22(23)11-21)25-6-7-27(30)26(13-25)28-14-18-8-19(15-28)10-20(9-18)16-28;1-18-4-7-26(19(2)10-21-5-8-25(9-6-21)20(3)29)14-27(18)28-15-22-11-23(16-28)13-24(12-22)17-28;1-17(20-8-10-21(11-9-20)19(3)28)18(2)25(29)22-12-13-23-24(16-22)27(6,7)15-14-26(23,4)5;1-15-6-7-16(20(25)12-15)14-21(26)22(27)17-8-9-18-19(13-17)24(4,5)11-10-23(18,2)3;;;/h2-7,11-13,18-20,30H,8-10,14-16H2,1H3;4-10,14,22-24H,11-13,15-17H2,1-3H3;8-13,16,25,29H,14-15H2,1-7H3;6-9,12-13,22,27H,10-11,14H2,1-5H3;3*1H4/b;19-10+;18-17+;;;;. The average Bonchev–Trinajstić information content (AvgIpc) is 0.736. The Kier molecular flexibility index (Phi) is 26.7. The summed E-state index contributed by atoms with van der Waals surface area (Å²) in [4.78, 5) is 47.3. The Bertz CT molecular complexity index is 5230. The number of carbonyl (C=O) groups is 4. The highest BCUT2D eigenvalue weighted by Crippen LogP contribution is 2.64. The van der Waals surface area contributed by atoms with Gasteiger partial charge in [0, 0.05) is 28.7 Å². The minimum Gasteiger partial charge on any atom is -0.508 e. The van der Waals surface area contributed by atoms with Crippen LogP contribution in [0.25, 0.3) is 39.1 Å². The molecule has 0 heterocycles. The molecule has 118 heavy (non-hydrogen) atoms. The van der Waals surface area contributed by atoms with Gasteiger partial charge in [-0.05, 0) is 367 Å². The molecule has 0 amide bonds. The number of ketones is 4. The molecule has 10 aliphatic carbocycles. The van der Waals surface area contributed by atoms with Gasteiger partial charge in [0.15, 0.2) is 23.1 Å². The number of halogens is 1. The van der Waals surface area contributed by atoms with Crippen molar-refractivity contribution in [3.05, 3.63) is 282 Å². The number of aromatic hydroxyl groups is 1. The predicted molar refractivity (Wildman–Crippen MR) is 490 cm³/mol. The quantitative estimate of drug-likeness (QED) is 0.0689. The fraction of sp³-hybridized carbons (Fsp3) is 0.455. The van der Waals surface area contributed by atoms with Gasteiger partial charge in [-0.15, -0.1) is 0 Å². The van der Waals surface area contributed by atoms with Gasteiger partial charge in [-0.3, -0.25) is 19.2 Å². The van der Waals surface area contributed by atoms with Crippen molar-refractivity contribution >= 4 is 51.1 Å². The molecule has 2 atom stereocenters. The Morgan fingerprint density at radius 3 is 1.30 bits per heavy atom. The van der Waals surface area contributed by atoms with Gasteiger partial charge in [0.05, 0.1) is 0 Å². The van der Waals surface area contributed by atoms with Crippen molar-refractivity contribution in [2.24, 2.45) is 35.5 Å². The molecule has 10 aliphatic rings. The van der Waals surface area contributed by atoms with E-state index in [1.807, 2.05) is 92.7 Å². The Morgan fingerprint density at radius 1 is 0.407 bits per heavy atom. The maximum absolute atomic E-state index is 14.1. The molecule has 9 aromatic carbocycles. The molecule has 8 saturated carbocycles. The van der Waals surface area contributed by atoms with Crippen LogP contribution >= 0.6 is 0 Å². The lowest BCUT2D eigenvalue weighted by Crippen LogP contribution is -2.48. The highest BCUT2D eigenvalue weighted by Gasteiger charge is 2.54. The number of phenols is 1. The van der Waals surface area contributed by atoms with Crippen molar-refractivity contribution < 1.29 is 38.9 Å². The highest BCUT2D eigenvalue weighted by atomic mass is 19.1. The highest BCUT2D eigenvalue weighted by molar-refractivity contribution is 5.99. The number of aliphatic hydroxyl groups is 2. The van der Waals surface area contributed by atoms with Crippen LogP contribution in [-0.4, -0.2) is 38.5 Å². The predicted octanol–water partition coefficient (Wildman–Crippen LogP) is 28.1. The molecule has 2 unspecified atom stereocenters. The van der Waals surface area contributed by atoms with Gasteiger partial charge in [0.2, 0.25) is 0 Å². The first-order valence-corrected chi connectivity index (χ1v) is 42.9. The van der Waals surface area contributed by atoms with Crippen molar-refractivity contribution in [2.75, 3.05) is 0 Å². The Hall–Kier alpha value is -8.95. The van der Waals surface area contributed by atoms with Gasteiger partial charge in [0.1, 0.15) is 23.8 Å². The van der Waals surface area contributed by atoms with E-state index in [0.717, 1.165) is 110 Å². The van der Waals surface area contributed by atoms with Crippen molar-refractivity contribution in [1.29, 1.82) is 0 Å². The zero-order chi connectivity index (χ0) is 82.2. The average molecular weight is 1590 g/mol. The molecule has 19 rings (SSSR count). The number of allylic oxidation sites excluding steroid dienone is 2. The smallest absolute Gasteiger partial charge is 0.170 e. The molecule has 8 fully saturated rings. The van der Waals surface area contributed by atoms with Gasteiger partial charge in [0.25, 0.3) is 0 Å². The molecule has 8 heteroatoms. The molecule has 3 N–H and O–H groups in total. The van der Waals surface area contributed by atoms with Gasteiger partial charge >= 0.3 is 0 Å². The Labute approximate surface area is 706 Å². The number of Topliss-reactive ketones (excluding diaryl/α,β-unsaturated/α-hetero) is 4. The van der Waals surface area contributed by atoms with Crippen LogP contribution < -0.4 is 0 Å². The number of fused-ring (bicyclic) bond motifs is 3. The van der Waals surface area contributed by atoms with E-state index in [4.69, 9.17) is 0 Å². The summed E-state index contributed by atoms with van der Waals surface area (Å²) in [7, 11) is 0. The summed E-state index contributed by atoms with van der Waals surface area (Å²) in [6.45, 7) is 33.3. The lowest BCUT2D eigenvalue weighted by molar-refractivity contribution is -0.126. The molecule has 0 radical (unpaired) electrons. The van der Waals surface area contributed by atoms with Crippen LogP contribution in [0.2, 0.25) is 0 Å². The number of rotatable bonds is 15. The van der Waals surface area contributed by atoms with E-state index in [2.05, 4.69) is 154 Å². The van der Waals surface area contributed by atoms with Crippen LogP contribution in [0.3, 0.4) is 0 Å². The van der Waals surface area contributed by atoms with Gasteiger partial charge in [-0.1, -0.05) is 229 Å². The second kappa shape index (κ2) is 35.0. The largest absolute Gasteiger partial charge is 0.508 e. The number of carbonyl (C=O) groups excluding carboxylic acids is 4. The summed E-state index contributed by atoms with van der Waals surface area (Å²) in [5, 5.41) is 34.9. The monoisotopic (exact) mass is 1590 g/mol. The molecule has 0 spiro atoms. The summed E-state index contributed by atoms with van der Waals surface area (Å²) in [5.74, 6) is 5.47. The van der Waals surface area contributed by atoms with Crippen molar-refractivity contribution in [1.82, 2.24) is 0 Å². The van der Waals surface area contributed by atoms with Crippen LogP contribution in [-0.2, 0) is 43.7 Å². The molecule has 624 valence electrons. The lowest BCUT2D eigenvalue weighted by Gasteiger charge is -2.57. The molecule has 0 aliphatic heterocycles. The third kappa shape index (κ3) is 18.7. The molecular weight excluding hydrogens is 1450 g/mol. The molecular formula is C110H135FO7. The summed E-state index contributed by atoms with van der Waals surface area (Å²) in [5.41, 5.74) is 24.6. The minimum atomic E-state index is -1.24. The molecule has 0 aromatic heterocycles. The first kappa shape index (κ1) is 89.8. The lowest BCUT2D eigenvalue weighted by atomic mass is 9.47.